The van der Waals surface area contributed by atoms with Crippen LogP contribution < -0.4 is 5.32 Å². The molecule has 2 aromatic rings. The Bertz CT molecular complexity index is 639. The third-order valence-corrected chi connectivity index (χ3v) is 3.41. The summed E-state index contributed by atoms with van der Waals surface area (Å²) in [6, 6.07) is 5.51. The Labute approximate surface area is 116 Å². The van der Waals surface area contributed by atoms with E-state index in [1.165, 1.54) is 12.1 Å². The summed E-state index contributed by atoms with van der Waals surface area (Å²) in [5, 5.41) is 3.00. The lowest BCUT2D eigenvalue weighted by Gasteiger charge is -2.08. The van der Waals surface area contributed by atoms with Gasteiger partial charge in [-0.3, -0.25) is 0 Å². The minimum Gasteiger partial charge on any atom is -0.373 e. The van der Waals surface area contributed by atoms with Gasteiger partial charge in [0.25, 0.3) is 0 Å². The number of nitrogens with one attached hydrogen (secondary N) is 1. The predicted octanol–water partition coefficient (Wildman–Crippen LogP) is 3.26. The van der Waals surface area contributed by atoms with E-state index in [1.54, 1.807) is 7.05 Å². The summed E-state index contributed by atoms with van der Waals surface area (Å²) in [7, 11) is 1.79. The van der Waals surface area contributed by atoms with Crippen molar-refractivity contribution in [3.05, 3.63) is 53.0 Å². The van der Waals surface area contributed by atoms with Gasteiger partial charge < -0.3 is 5.32 Å². The van der Waals surface area contributed by atoms with Crippen LogP contribution in [0, 0.1) is 11.6 Å². The Hall–Kier alpha value is -2.04. The van der Waals surface area contributed by atoms with Crippen molar-refractivity contribution >= 4 is 5.82 Å². The van der Waals surface area contributed by atoms with Crippen LogP contribution in [0.2, 0.25) is 0 Å². The van der Waals surface area contributed by atoms with Gasteiger partial charge in [0, 0.05) is 37.2 Å². The molecule has 5 heteroatoms. The van der Waals surface area contributed by atoms with E-state index in [9.17, 15) is 8.78 Å². The Balaban J connectivity index is 1.91. The number of aromatic nitrogens is 2. The van der Waals surface area contributed by atoms with Crippen molar-refractivity contribution in [1.29, 1.82) is 0 Å². The Morgan fingerprint density at radius 3 is 2.65 bits per heavy atom. The predicted molar refractivity (Wildman–Crippen MR) is 72.7 cm³/mol. The highest BCUT2D eigenvalue weighted by Crippen LogP contribution is 2.39. The maximum Gasteiger partial charge on any atom is 0.135 e. The summed E-state index contributed by atoms with van der Waals surface area (Å²) < 4.78 is 26.6. The Morgan fingerprint density at radius 1 is 1.20 bits per heavy atom. The zero-order chi connectivity index (χ0) is 14.1. The highest BCUT2D eigenvalue weighted by molar-refractivity contribution is 5.38. The summed E-state index contributed by atoms with van der Waals surface area (Å²) in [6.07, 6.45) is 2.55. The molecule has 1 aliphatic rings. The molecule has 0 radical (unpaired) electrons. The molecular formula is C15H15F2N3. The number of hydrogen-bond acceptors (Lipinski definition) is 3. The van der Waals surface area contributed by atoms with Gasteiger partial charge in [-0.15, -0.1) is 0 Å². The van der Waals surface area contributed by atoms with Gasteiger partial charge in [0.05, 0.1) is 0 Å². The molecule has 20 heavy (non-hydrogen) atoms. The lowest BCUT2D eigenvalue weighted by atomic mass is 10.1. The molecule has 0 aliphatic heterocycles. The average molecular weight is 275 g/mol. The number of anilines is 1. The first-order chi connectivity index (χ1) is 9.65. The number of rotatable bonds is 4. The van der Waals surface area contributed by atoms with Gasteiger partial charge in [-0.05, 0) is 24.5 Å². The Kier molecular flexibility index (Phi) is 3.34. The zero-order valence-electron chi connectivity index (χ0n) is 11.2. The second-order valence-corrected chi connectivity index (χ2v) is 5.03. The summed E-state index contributed by atoms with van der Waals surface area (Å²) >= 11 is 0. The van der Waals surface area contributed by atoms with Crippen molar-refractivity contribution in [2.75, 3.05) is 12.4 Å². The van der Waals surface area contributed by atoms with Crippen molar-refractivity contribution in [2.24, 2.45) is 0 Å². The minimum atomic E-state index is -0.574. The molecule has 1 N–H and O–H groups in total. The topological polar surface area (TPSA) is 37.8 Å². The van der Waals surface area contributed by atoms with Crippen molar-refractivity contribution in [2.45, 2.75) is 25.2 Å². The first-order valence-electron chi connectivity index (χ1n) is 6.65. The fourth-order valence-corrected chi connectivity index (χ4v) is 2.15. The van der Waals surface area contributed by atoms with Crippen molar-refractivity contribution < 1.29 is 8.78 Å². The first-order valence-corrected chi connectivity index (χ1v) is 6.65. The summed E-state index contributed by atoms with van der Waals surface area (Å²) in [5.41, 5.74) is 1.41. The Morgan fingerprint density at radius 2 is 2.00 bits per heavy atom. The second-order valence-electron chi connectivity index (χ2n) is 5.03. The molecule has 0 amide bonds. The molecule has 104 valence electrons. The SMILES string of the molecule is CNc1cc(C2CC2)nc(Cc2ccc(F)cc2F)n1. The van der Waals surface area contributed by atoms with E-state index in [1.807, 2.05) is 6.07 Å². The molecule has 1 aromatic carbocycles. The van der Waals surface area contributed by atoms with Gasteiger partial charge in [-0.1, -0.05) is 6.07 Å². The standard InChI is InChI=1S/C15H15F2N3/c1-18-14-8-13(9-2-3-9)19-15(20-14)6-10-4-5-11(16)7-12(10)17/h4-5,7-9H,2-3,6H2,1H3,(H,18,19,20). The largest absolute Gasteiger partial charge is 0.373 e. The number of benzene rings is 1. The van der Waals surface area contributed by atoms with Crippen molar-refractivity contribution in [1.82, 2.24) is 9.97 Å². The third-order valence-electron chi connectivity index (χ3n) is 3.41. The summed E-state index contributed by atoms with van der Waals surface area (Å²) in [4.78, 5) is 8.83. The van der Waals surface area contributed by atoms with Gasteiger partial charge in [0.2, 0.25) is 0 Å². The minimum absolute atomic E-state index is 0.265. The number of hydrogen-bond donors (Lipinski definition) is 1. The highest BCUT2D eigenvalue weighted by atomic mass is 19.1. The van der Waals surface area contributed by atoms with Crippen LogP contribution in [0.25, 0.3) is 0 Å². The van der Waals surface area contributed by atoms with Crippen LogP contribution in [0.4, 0.5) is 14.6 Å². The first kappa shape index (κ1) is 13.0. The average Bonchev–Trinajstić information content (AvgIpc) is 3.26. The molecule has 1 heterocycles. The van der Waals surface area contributed by atoms with E-state index in [0.717, 1.165) is 30.4 Å². The fourth-order valence-electron chi connectivity index (χ4n) is 2.15. The maximum absolute atomic E-state index is 13.7. The zero-order valence-corrected chi connectivity index (χ0v) is 11.2. The smallest absolute Gasteiger partial charge is 0.135 e. The van der Waals surface area contributed by atoms with Crippen LogP contribution in [0.1, 0.15) is 35.8 Å². The lowest BCUT2D eigenvalue weighted by Crippen LogP contribution is -2.05. The molecule has 0 atom stereocenters. The van der Waals surface area contributed by atoms with Crippen LogP contribution >= 0.6 is 0 Å². The fraction of sp³-hybridized carbons (Fsp3) is 0.333. The van der Waals surface area contributed by atoms with Gasteiger partial charge in [0.15, 0.2) is 0 Å². The second kappa shape index (κ2) is 5.15. The molecule has 1 fully saturated rings. The van der Waals surface area contributed by atoms with Crippen LogP contribution in [0.5, 0.6) is 0 Å². The third kappa shape index (κ3) is 2.76. The molecule has 0 saturated heterocycles. The van der Waals surface area contributed by atoms with E-state index in [-0.39, 0.29) is 6.42 Å². The summed E-state index contributed by atoms with van der Waals surface area (Å²) in [6.45, 7) is 0. The lowest BCUT2D eigenvalue weighted by molar-refractivity contribution is 0.573. The van der Waals surface area contributed by atoms with Crippen LogP contribution in [-0.4, -0.2) is 17.0 Å². The van der Waals surface area contributed by atoms with Gasteiger partial charge in [-0.25, -0.2) is 18.7 Å². The van der Waals surface area contributed by atoms with Crippen LogP contribution in [0.15, 0.2) is 24.3 Å². The van der Waals surface area contributed by atoms with Crippen LogP contribution in [0.3, 0.4) is 0 Å². The molecule has 0 spiro atoms. The summed E-state index contributed by atoms with van der Waals surface area (Å²) in [5.74, 6) is 0.664. The van der Waals surface area contributed by atoms with E-state index in [2.05, 4.69) is 15.3 Å². The quantitative estimate of drug-likeness (QED) is 0.930. The normalized spacial score (nSPS) is 14.3. The van der Waals surface area contributed by atoms with Gasteiger partial charge in [0.1, 0.15) is 23.3 Å². The van der Waals surface area contributed by atoms with E-state index < -0.39 is 11.6 Å². The molecular weight excluding hydrogens is 260 g/mol. The van der Waals surface area contributed by atoms with Gasteiger partial charge >= 0.3 is 0 Å². The molecule has 1 saturated carbocycles. The van der Waals surface area contributed by atoms with Gasteiger partial charge in [-0.2, -0.15) is 0 Å². The van der Waals surface area contributed by atoms with Crippen molar-refractivity contribution in [3.8, 4) is 0 Å². The molecule has 0 unspecified atom stereocenters. The van der Waals surface area contributed by atoms with Crippen LogP contribution in [-0.2, 0) is 6.42 Å². The van der Waals surface area contributed by atoms with E-state index in [0.29, 0.717) is 17.3 Å². The number of halogens is 2. The monoisotopic (exact) mass is 275 g/mol. The molecule has 3 nitrogen and oxygen atoms in total. The highest BCUT2D eigenvalue weighted by Gasteiger charge is 2.26. The molecule has 1 aliphatic carbocycles. The maximum atomic E-state index is 13.7. The van der Waals surface area contributed by atoms with E-state index in [4.69, 9.17) is 0 Å². The van der Waals surface area contributed by atoms with E-state index >= 15 is 0 Å². The van der Waals surface area contributed by atoms with Crippen molar-refractivity contribution in [3.63, 3.8) is 0 Å². The molecule has 3 rings (SSSR count). The molecule has 0 bridgehead atoms. The number of nitrogens with zero attached hydrogens (tertiary/aromatic N) is 2. The molecule has 1 aromatic heterocycles.